The Morgan fingerprint density at radius 1 is 1.04 bits per heavy atom. The molecule has 2 heterocycles. The van der Waals surface area contributed by atoms with E-state index >= 15 is 0 Å². The van der Waals surface area contributed by atoms with E-state index < -0.39 is 5.91 Å². The van der Waals surface area contributed by atoms with Gasteiger partial charge in [0.1, 0.15) is 5.75 Å². The highest BCUT2D eigenvalue weighted by Gasteiger charge is 2.13. The molecule has 0 saturated heterocycles. The van der Waals surface area contributed by atoms with Gasteiger partial charge in [-0.2, -0.15) is 0 Å². The third-order valence-electron chi connectivity index (χ3n) is 4.21. The molecule has 0 spiro atoms. The van der Waals surface area contributed by atoms with E-state index in [9.17, 15) is 4.79 Å². The first kappa shape index (κ1) is 15.8. The summed E-state index contributed by atoms with van der Waals surface area (Å²) in [5.41, 5.74) is 9.17. The standard InChI is InChI=1S/C20H16N4O2/c1-26-19-11-18-14(10-15(19)20(21)25)17(6-8-23-18)24-13-4-5-16-12(9-13)3-2-7-22-16/h2-11H,1H3,(H2,21,25)(H,23,24). The average Bonchev–Trinajstić information content (AvgIpc) is 2.67. The smallest absolute Gasteiger partial charge is 0.252 e. The SMILES string of the molecule is COc1cc2nccc(Nc3ccc4ncccc4c3)c2cc1C(N)=O. The van der Waals surface area contributed by atoms with Crippen LogP contribution in [0.3, 0.4) is 0 Å². The molecule has 2 aromatic carbocycles. The minimum atomic E-state index is -0.546. The van der Waals surface area contributed by atoms with Crippen LogP contribution in [0.15, 0.2) is 60.9 Å². The van der Waals surface area contributed by atoms with Crippen LogP contribution in [0.1, 0.15) is 10.4 Å². The van der Waals surface area contributed by atoms with Gasteiger partial charge in [0.05, 0.1) is 23.7 Å². The Hall–Kier alpha value is -3.67. The highest BCUT2D eigenvalue weighted by Crippen LogP contribution is 2.31. The number of nitrogens with zero attached hydrogens (tertiary/aromatic N) is 2. The van der Waals surface area contributed by atoms with Crippen molar-refractivity contribution in [2.75, 3.05) is 12.4 Å². The summed E-state index contributed by atoms with van der Waals surface area (Å²) in [4.78, 5) is 20.4. The molecule has 6 heteroatoms. The summed E-state index contributed by atoms with van der Waals surface area (Å²) >= 11 is 0. The van der Waals surface area contributed by atoms with E-state index in [4.69, 9.17) is 10.5 Å². The molecule has 0 saturated carbocycles. The van der Waals surface area contributed by atoms with Crippen LogP contribution >= 0.6 is 0 Å². The highest BCUT2D eigenvalue weighted by molar-refractivity contribution is 6.03. The monoisotopic (exact) mass is 344 g/mol. The number of hydrogen-bond acceptors (Lipinski definition) is 5. The molecule has 0 unspecified atom stereocenters. The van der Waals surface area contributed by atoms with E-state index in [1.54, 1.807) is 24.5 Å². The number of benzene rings is 2. The van der Waals surface area contributed by atoms with Crippen LogP contribution in [-0.4, -0.2) is 23.0 Å². The maximum atomic E-state index is 11.7. The quantitative estimate of drug-likeness (QED) is 0.590. The Morgan fingerprint density at radius 2 is 1.88 bits per heavy atom. The first-order chi connectivity index (χ1) is 12.7. The number of ether oxygens (including phenoxy) is 1. The number of nitrogens with one attached hydrogen (secondary N) is 1. The Kier molecular flexibility index (Phi) is 3.85. The molecular formula is C20H16N4O2. The fourth-order valence-electron chi connectivity index (χ4n) is 2.95. The number of carbonyl (C=O) groups is 1. The predicted molar refractivity (Wildman–Crippen MR) is 102 cm³/mol. The van der Waals surface area contributed by atoms with Crippen molar-refractivity contribution in [1.29, 1.82) is 0 Å². The second-order valence-electron chi connectivity index (χ2n) is 5.83. The molecule has 0 bridgehead atoms. The molecule has 4 aromatic rings. The van der Waals surface area contributed by atoms with Crippen LogP contribution in [0.4, 0.5) is 11.4 Å². The summed E-state index contributed by atoms with van der Waals surface area (Å²) in [5, 5.41) is 5.20. The summed E-state index contributed by atoms with van der Waals surface area (Å²) in [6.45, 7) is 0. The van der Waals surface area contributed by atoms with Gasteiger partial charge >= 0.3 is 0 Å². The number of carbonyl (C=O) groups excluding carboxylic acids is 1. The summed E-state index contributed by atoms with van der Waals surface area (Å²) in [7, 11) is 1.50. The number of aromatic nitrogens is 2. The topological polar surface area (TPSA) is 90.1 Å². The Labute approximate surface area is 149 Å². The lowest BCUT2D eigenvalue weighted by atomic mass is 10.1. The molecule has 1 amide bonds. The lowest BCUT2D eigenvalue weighted by Crippen LogP contribution is -2.12. The van der Waals surface area contributed by atoms with Crippen molar-refractivity contribution in [3.05, 3.63) is 66.5 Å². The first-order valence-electron chi connectivity index (χ1n) is 8.04. The number of fused-ring (bicyclic) bond motifs is 2. The maximum Gasteiger partial charge on any atom is 0.252 e. The summed E-state index contributed by atoms with van der Waals surface area (Å²) in [5.74, 6) is -0.137. The normalized spacial score (nSPS) is 10.8. The number of amides is 1. The number of methoxy groups -OCH3 is 1. The van der Waals surface area contributed by atoms with Crippen molar-refractivity contribution in [1.82, 2.24) is 9.97 Å². The minimum absolute atomic E-state index is 0.318. The van der Waals surface area contributed by atoms with Crippen molar-refractivity contribution in [3.8, 4) is 5.75 Å². The summed E-state index contributed by atoms with van der Waals surface area (Å²) < 4.78 is 5.25. The number of primary amides is 1. The Balaban J connectivity index is 1.82. The average molecular weight is 344 g/mol. The zero-order valence-electron chi connectivity index (χ0n) is 14.1. The van der Waals surface area contributed by atoms with Crippen LogP contribution in [0, 0.1) is 0 Å². The maximum absolute atomic E-state index is 11.7. The third-order valence-corrected chi connectivity index (χ3v) is 4.21. The van der Waals surface area contributed by atoms with Crippen LogP contribution < -0.4 is 15.8 Å². The predicted octanol–water partition coefficient (Wildman–Crippen LogP) is 3.63. The van der Waals surface area contributed by atoms with Gasteiger partial charge in [-0.3, -0.25) is 14.8 Å². The molecule has 4 rings (SSSR count). The zero-order chi connectivity index (χ0) is 18.1. The lowest BCUT2D eigenvalue weighted by molar-refractivity contribution is 0.0997. The fourth-order valence-corrected chi connectivity index (χ4v) is 2.95. The molecule has 3 N–H and O–H groups in total. The van der Waals surface area contributed by atoms with Gasteiger partial charge < -0.3 is 15.8 Å². The highest BCUT2D eigenvalue weighted by atomic mass is 16.5. The van der Waals surface area contributed by atoms with Crippen LogP contribution in [0.5, 0.6) is 5.75 Å². The van der Waals surface area contributed by atoms with Gasteiger partial charge in [-0.15, -0.1) is 0 Å². The van der Waals surface area contributed by atoms with Crippen molar-refractivity contribution >= 4 is 39.1 Å². The van der Waals surface area contributed by atoms with Gasteiger partial charge in [0.2, 0.25) is 0 Å². The van der Waals surface area contributed by atoms with Gasteiger partial charge in [0.15, 0.2) is 0 Å². The molecule has 26 heavy (non-hydrogen) atoms. The molecule has 128 valence electrons. The van der Waals surface area contributed by atoms with Crippen molar-refractivity contribution < 1.29 is 9.53 Å². The van der Waals surface area contributed by atoms with Gasteiger partial charge in [0, 0.05) is 40.6 Å². The van der Waals surface area contributed by atoms with Crippen molar-refractivity contribution in [2.24, 2.45) is 5.73 Å². The third kappa shape index (κ3) is 2.77. The van der Waals surface area contributed by atoms with Gasteiger partial charge in [-0.05, 0) is 36.4 Å². The van der Waals surface area contributed by atoms with Crippen LogP contribution in [0.2, 0.25) is 0 Å². The number of anilines is 2. The molecule has 0 aliphatic rings. The molecular weight excluding hydrogens is 328 g/mol. The number of rotatable bonds is 4. The molecule has 0 fully saturated rings. The molecule has 0 aliphatic heterocycles. The lowest BCUT2D eigenvalue weighted by Gasteiger charge is -2.13. The van der Waals surface area contributed by atoms with Gasteiger partial charge in [0.25, 0.3) is 5.91 Å². The number of nitrogens with two attached hydrogens (primary N) is 1. The second kappa shape index (κ2) is 6.33. The fraction of sp³-hybridized carbons (Fsp3) is 0.0500. The van der Waals surface area contributed by atoms with E-state index in [0.717, 1.165) is 27.7 Å². The molecule has 0 aliphatic carbocycles. The first-order valence-corrected chi connectivity index (χ1v) is 8.04. The van der Waals surface area contributed by atoms with E-state index in [-0.39, 0.29) is 0 Å². The van der Waals surface area contributed by atoms with Crippen molar-refractivity contribution in [2.45, 2.75) is 0 Å². The van der Waals surface area contributed by atoms with Gasteiger partial charge in [-0.1, -0.05) is 6.07 Å². The van der Waals surface area contributed by atoms with E-state index in [0.29, 0.717) is 16.8 Å². The molecule has 0 radical (unpaired) electrons. The van der Waals surface area contributed by atoms with Crippen molar-refractivity contribution in [3.63, 3.8) is 0 Å². The van der Waals surface area contributed by atoms with E-state index in [1.165, 1.54) is 7.11 Å². The Morgan fingerprint density at radius 3 is 2.69 bits per heavy atom. The van der Waals surface area contributed by atoms with E-state index in [2.05, 4.69) is 15.3 Å². The van der Waals surface area contributed by atoms with Crippen LogP contribution in [-0.2, 0) is 0 Å². The summed E-state index contributed by atoms with van der Waals surface area (Å²) in [6.07, 6.45) is 3.47. The van der Waals surface area contributed by atoms with Gasteiger partial charge in [-0.25, -0.2) is 0 Å². The van der Waals surface area contributed by atoms with Crippen LogP contribution in [0.25, 0.3) is 21.8 Å². The molecule has 6 nitrogen and oxygen atoms in total. The Bertz CT molecular complexity index is 1140. The minimum Gasteiger partial charge on any atom is -0.496 e. The largest absolute Gasteiger partial charge is 0.496 e. The molecule has 0 atom stereocenters. The molecule has 2 aromatic heterocycles. The zero-order valence-corrected chi connectivity index (χ0v) is 14.1. The number of pyridine rings is 2. The second-order valence-corrected chi connectivity index (χ2v) is 5.83. The number of hydrogen-bond donors (Lipinski definition) is 2. The van der Waals surface area contributed by atoms with E-state index in [1.807, 2.05) is 36.4 Å². The summed E-state index contributed by atoms with van der Waals surface area (Å²) in [6, 6.07) is 15.1.